The van der Waals surface area contributed by atoms with E-state index in [9.17, 15) is 9.59 Å². The van der Waals surface area contributed by atoms with E-state index in [1.165, 1.54) is 0 Å². The molecule has 0 unspecified atom stereocenters. The number of carbonyl (C=O) groups is 2. The van der Waals surface area contributed by atoms with E-state index < -0.39 is 11.8 Å². The van der Waals surface area contributed by atoms with Gasteiger partial charge in [0.25, 0.3) is 11.8 Å². The first-order valence-electron chi connectivity index (χ1n) is 2.26. The van der Waals surface area contributed by atoms with Crippen molar-refractivity contribution < 1.29 is 66.2 Å². The first-order chi connectivity index (χ1) is 3.72. The summed E-state index contributed by atoms with van der Waals surface area (Å²) in [6.45, 7) is 0. The third kappa shape index (κ3) is 2.10. The fourth-order valence-corrected chi connectivity index (χ4v) is 0.565. The maximum absolute atomic E-state index is 10.2. The standard InChI is InChI=1S/C4H5NO3.K/c6-3-1-2-4(7)5(3)8;/h8H,1-2H2;/q;+1. The monoisotopic (exact) mass is 154 g/mol. The van der Waals surface area contributed by atoms with Crippen LogP contribution in [0.15, 0.2) is 0 Å². The molecule has 0 bridgehead atoms. The van der Waals surface area contributed by atoms with Crippen LogP contribution in [-0.2, 0) is 9.59 Å². The minimum atomic E-state index is -0.505. The Morgan fingerprint density at radius 1 is 1.22 bits per heavy atom. The van der Waals surface area contributed by atoms with E-state index in [-0.39, 0.29) is 69.3 Å². The van der Waals surface area contributed by atoms with Gasteiger partial charge in [-0.05, 0) is 0 Å². The molecule has 4 nitrogen and oxygen atoms in total. The van der Waals surface area contributed by atoms with Crippen LogP contribution in [0.5, 0.6) is 0 Å². The Kier molecular flexibility index (Phi) is 4.11. The molecule has 2 amide bonds. The summed E-state index contributed by atoms with van der Waals surface area (Å²) in [6, 6.07) is 0. The smallest absolute Gasteiger partial charge is 0.279 e. The summed E-state index contributed by atoms with van der Waals surface area (Å²) in [4.78, 5) is 20.5. The molecule has 1 aliphatic rings. The zero-order chi connectivity index (χ0) is 6.15. The molecule has 0 aromatic heterocycles. The third-order valence-electron chi connectivity index (χ3n) is 1.03. The second-order valence-corrected chi connectivity index (χ2v) is 1.60. The number of hydroxylamine groups is 2. The van der Waals surface area contributed by atoms with Crippen molar-refractivity contribution in [2.75, 3.05) is 0 Å². The van der Waals surface area contributed by atoms with Gasteiger partial charge >= 0.3 is 51.4 Å². The van der Waals surface area contributed by atoms with E-state index in [0.717, 1.165) is 0 Å². The minimum absolute atomic E-state index is 0. The zero-order valence-electron chi connectivity index (χ0n) is 5.13. The van der Waals surface area contributed by atoms with Crippen molar-refractivity contribution >= 4 is 11.8 Å². The molecular formula is C4H5KNO3+. The average molecular weight is 154 g/mol. The molecule has 5 heteroatoms. The van der Waals surface area contributed by atoms with Crippen LogP contribution in [0.2, 0.25) is 0 Å². The summed E-state index contributed by atoms with van der Waals surface area (Å²) in [5.74, 6) is -1.01. The molecule has 0 saturated carbocycles. The number of hydrogen-bond acceptors (Lipinski definition) is 3. The Bertz CT molecular complexity index is 131. The van der Waals surface area contributed by atoms with Crippen LogP contribution in [0.25, 0.3) is 0 Å². The summed E-state index contributed by atoms with van der Waals surface area (Å²) < 4.78 is 0. The second kappa shape index (κ2) is 3.80. The number of imide groups is 1. The van der Waals surface area contributed by atoms with Crippen LogP contribution in [0.3, 0.4) is 0 Å². The second-order valence-electron chi connectivity index (χ2n) is 1.60. The minimum Gasteiger partial charge on any atom is -0.279 e. The van der Waals surface area contributed by atoms with Crippen molar-refractivity contribution in [3.63, 3.8) is 0 Å². The van der Waals surface area contributed by atoms with Gasteiger partial charge in [-0.3, -0.25) is 14.8 Å². The third-order valence-corrected chi connectivity index (χ3v) is 1.03. The van der Waals surface area contributed by atoms with E-state index in [4.69, 9.17) is 5.21 Å². The number of nitrogens with zero attached hydrogens (tertiary/aromatic N) is 1. The van der Waals surface area contributed by atoms with Crippen LogP contribution < -0.4 is 51.4 Å². The molecule has 0 radical (unpaired) electrons. The summed E-state index contributed by atoms with van der Waals surface area (Å²) in [5, 5.41) is 8.57. The van der Waals surface area contributed by atoms with Gasteiger partial charge < -0.3 is 0 Å². The molecule has 1 fully saturated rings. The van der Waals surface area contributed by atoms with E-state index in [0.29, 0.717) is 0 Å². The average Bonchev–Trinajstić information content (AvgIpc) is 1.98. The van der Waals surface area contributed by atoms with Crippen LogP contribution in [0.4, 0.5) is 0 Å². The molecule has 0 aromatic rings. The van der Waals surface area contributed by atoms with Gasteiger partial charge in [0.05, 0.1) is 0 Å². The summed E-state index contributed by atoms with van der Waals surface area (Å²) in [6.07, 6.45) is 0.296. The summed E-state index contributed by atoms with van der Waals surface area (Å²) in [7, 11) is 0. The van der Waals surface area contributed by atoms with Crippen LogP contribution >= 0.6 is 0 Å². The molecule has 1 N–H and O–H groups in total. The quantitative estimate of drug-likeness (QED) is 0.224. The van der Waals surface area contributed by atoms with Crippen LogP contribution in [-0.4, -0.2) is 22.1 Å². The van der Waals surface area contributed by atoms with Gasteiger partial charge in [0.2, 0.25) is 0 Å². The number of amides is 2. The van der Waals surface area contributed by atoms with Crippen molar-refractivity contribution in [3.05, 3.63) is 0 Å². The predicted molar refractivity (Wildman–Crippen MR) is 22.9 cm³/mol. The fourth-order valence-electron chi connectivity index (χ4n) is 0.565. The van der Waals surface area contributed by atoms with Crippen molar-refractivity contribution in [1.29, 1.82) is 0 Å². The largest absolute Gasteiger partial charge is 1.00 e. The van der Waals surface area contributed by atoms with Crippen molar-refractivity contribution in [1.82, 2.24) is 5.06 Å². The fraction of sp³-hybridized carbons (Fsp3) is 0.500. The zero-order valence-corrected chi connectivity index (χ0v) is 8.25. The predicted octanol–water partition coefficient (Wildman–Crippen LogP) is -3.47. The molecule has 0 aromatic carbocycles. The van der Waals surface area contributed by atoms with Gasteiger partial charge in [-0.15, -0.1) is 0 Å². The Hall–Kier alpha value is 0.736. The van der Waals surface area contributed by atoms with Gasteiger partial charge in [-0.2, -0.15) is 5.06 Å². The molecule has 1 rings (SSSR count). The van der Waals surface area contributed by atoms with Crippen molar-refractivity contribution in [3.8, 4) is 0 Å². The van der Waals surface area contributed by atoms with Crippen LogP contribution in [0.1, 0.15) is 12.8 Å². The van der Waals surface area contributed by atoms with Gasteiger partial charge in [0, 0.05) is 12.8 Å². The topological polar surface area (TPSA) is 57.6 Å². The molecule has 9 heavy (non-hydrogen) atoms. The van der Waals surface area contributed by atoms with Gasteiger partial charge in [0.15, 0.2) is 0 Å². The molecule has 1 saturated heterocycles. The van der Waals surface area contributed by atoms with Crippen LogP contribution in [0, 0.1) is 0 Å². The first kappa shape index (κ1) is 9.74. The molecule has 0 spiro atoms. The molecule has 0 atom stereocenters. The molecule has 44 valence electrons. The van der Waals surface area contributed by atoms with Crippen molar-refractivity contribution in [2.45, 2.75) is 12.8 Å². The number of rotatable bonds is 0. The van der Waals surface area contributed by atoms with E-state index in [1.54, 1.807) is 0 Å². The Balaban J connectivity index is 0.000000640. The molecular weight excluding hydrogens is 149 g/mol. The molecule has 1 aliphatic heterocycles. The van der Waals surface area contributed by atoms with E-state index in [1.807, 2.05) is 0 Å². The Morgan fingerprint density at radius 3 is 1.67 bits per heavy atom. The maximum Gasteiger partial charge on any atom is 1.00 e. The number of hydrogen-bond donors (Lipinski definition) is 1. The van der Waals surface area contributed by atoms with Crippen molar-refractivity contribution in [2.24, 2.45) is 0 Å². The molecule has 1 heterocycles. The Labute approximate surface area is 94.6 Å². The van der Waals surface area contributed by atoms with Gasteiger partial charge in [-0.25, -0.2) is 0 Å². The van der Waals surface area contributed by atoms with E-state index >= 15 is 0 Å². The first-order valence-corrected chi connectivity index (χ1v) is 2.26. The Morgan fingerprint density at radius 2 is 1.56 bits per heavy atom. The van der Waals surface area contributed by atoms with Gasteiger partial charge in [0.1, 0.15) is 0 Å². The number of carbonyl (C=O) groups excluding carboxylic acids is 2. The van der Waals surface area contributed by atoms with Gasteiger partial charge in [-0.1, -0.05) is 0 Å². The summed E-state index contributed by atoms with van der Waals surface area (Å²) >= 11 is 0. The van der Waals surface area contributed by atoms with E-state index in [2.05, 4.69) is 0 Å². The maximum atomic E-state index is 10.2. The molecule has 0 aliphatic carbocycles. The summed E-state index contributed by atoms with van der Waals surface area (Å²) in [5.41, 5.74) is 0. The SMILES string of the molecule is O=C1CCC(=O)N1O.[K+]. The normalized spacial score (nSPS) is 18.1.